The van der Waals surface area contributed by atoms with Crippen LogP contribution in [0.25, 0.3) is 0 Å². The molecule has 6 nitrogen and oxygen atoms in total. The zero-order chi connectivity index (χ0) is 18.6. The van der Waals surface area contributed by atoms with Crippen LogP contribution in [0.15, 0.2) is 47.4 Å². The molecule has 1 N–H and O–H groups in total. The quantitative estimate of drug-likeness (QED) is 0.840. The van der Waals surface area contributed by atoms with Gasteiger partial charge in [-0.2, -0.15) is 0 Å². The standard InChI is InChI=1S/C19H24N2O4S/c1-3-15-4-7-17(8-5-15)26(22,23)20-18-14-16(6-9-19(18)24-2)21-10-12-25-13-11-21/h4-9,14,20H,3,10-13H2,1-2H3. The third-order valence-corrected chi connectivity index (χ3v) is 5.83. The van der Waals surface area contributed by atoms with E-state index in [0.29, 0.717) is 24.7 Å². The fourth-order valence-corrected chi connectivity index (χ4v) is 3.96. The molecule has 0 radical (unpaired) electrons. The van der Waals surface area contributed by atoms with E-state index in [4.69, 9.17) is 9.47 Å². The molecule has 1 saturated heterocycles. The molecule has 1 heterocycles. The first-order valence-corrected chi connectivity index (χ1v) is 10.1. The molecule has 0 aromatic heterocycles. The van der Waals surface area contributed by atoms with Gasteiger partial charge < -0.3 is 14.4 Å². The maximum absolute atomic E-state index is 12.8. The predicted molar refractivity (Wildman–Crippen MR) is 103 cm³/mol. The predicted octanol–water partition coefficient (Wildman–Crippen LogP) is 2.90. The van der Waals surface area contributed by atoms with Crippen LogP contribution in [-0.2, 0) is 21.2 Å². The number of hydrogen-bond acceptors (Lipinski definition) is 5. The minimum Gasteiger partial charge on any atom is -0.495 e. The van der Waals surface area contributed by atoms with E-state index in [-0.39, 0.29) is 4.90 Å². The molecule has 1 aliphatic rings. The monoisotopic (exact) mass is 376 g/mol. The van der Waals surface area contributed by atoms with Crippen LogP contribution in [0.2, 0.25) is 0 Å². The smallest absolute Gasteiger partial charge is 0.262 e. The van der Waals surface area contributed by atoms with Gasteiger partial charge in [-0.1, -0.05) is 19.1 Å². The maximum Gasteiger partial charge on any atom is 0.262 e. The number of nitrogens with one attached hydrogen (secondary N) is 1. The highest BCUT2D eigenvalue weighted by Crippen LogP contribution is 2.32. The van der Waals surface area contributed by atoms with Gasteiger partial charge in [0.1, 0.15) is 5.75 Å². The van der Waals surface area contributed by atoms with Crippen molar-refractivity contribution < 1.29 is 17.9 Å². The number of sulfonamides is 1. The highest BCUT2D eigenvalue weighted by molar-refractivity contribution is 7.92. The van der Waals surface area contributed by atoms with E-state index in [2.05, 4.69) is 9.62 Å². The van der Waals surface area contributed by atoms with Crippen LogP contribution in [0.3, 0.4) is 0 Å². The summed E-state index contributed by atoms with van der Waals surface area (Å²) >= 11 is 0. The summed E-state index contributed by atoms with van der Waals surface area (Å²) < 4.78 is 38.9. The van der Waals surface area contributed by atoms with Crippen LogP contribution in [0.1, 0.15) is 12.5 Å². The number of hydrogen-bond donors (Lipinski definition) is 1. The summed E-state index contributed by atoms with van der Waals surface area (Å²) in [6, 6.07) is 12.4. The summed E-state index contributed by atoms with van der Waals surface area (Å²) in [4.78, 5) is 2.39. The van der Waals surface area contributed by atoms with Crippen LogP contribution in [0.4, 0.5) is 11.4 Å². The number of rotatable bonds is 6. The van der Waals surface area contributed by atoms with E-state index in [0.717, 1.165) is 30.8 Å². The van der Waals surface area contributed by atoms with Crippen molar-refractivity contribution in [2.24, 2.45) is 0 Å². The molecule has 0 atom stereocenters. The molecule has 0 aliphatic carbocycles. The van der Waals surface area contributed by atoms with Crippen molar-refractivity contribution in [2.75, 3.05) is 43.0 Å². The van der Waals surface area contributed by atoms with E-state index in [1.54, 1.807) is 18.2 Å². The largest absolute Gasteiger partial charge is 0.495 e. The molecular weight excluding hydrogens is 352 g/mol. The van der Waals surface area contributed by atoms with Crippen molar-refractivity contribution in [2.45, 2.75) is 18.2 Å². The summed E-state index contributed by atoms with van der Waals surface area (Å²) in [5.41, 5.74) is 2.46. The number of methoxy groups -OCH3 is 1. The highest BCUT2D eigenvalue weighted by Gasteiger charge is 2.19. The molecule has 26 heavy (non-hydrogen) atoms. The SMILES string of the molecule is CCc1ccc(S(=O)(=O)Nc2cc(N3CCOCC3)ccc2OC)cc1. The van der Waals surface area contributed by atoms with Gasteiger partial charge in [-0.15, -0.1) is 0 Å². The van der Waals surface area contributed by atoms with Crippen molar-refractivity contribution in [3.05, 3.63) is 48.0 Å². The maximum atomic E-state index is 12.8. The van der Waals surface area contributed by atoms with Crippen LogP contribution in [0.5, 0.6) is 5.75 Å². The summed E-state index contributed by atoms with van der Waals surface area (Å²) in [5.74, 6) is 0.482. The van der Waals surface area contributed by atoms with Crippen molar-refractivity contribution in [3.8, 4) is 5.75 Å². The molecule has 3 rings (SSSR count). The minimum absolute atomic E-state index is 0.230. The van der Waals surface area contributed by atoms with Gasteiger partial charge in [0.05, 0.1) is 30.9 Å². The Hall–Kier alpha value is -2.25. The molecule has 0 saturated carbocycles. The Labute approximate surface area is 154 Å². The lowest BCUT2D eigenvalue weighted by atomic mass is 10.2. The summed E-state index contributed by atoms with van der Waals surface area (Å²) in [6.07, 6.45) is 0.864. The van der Waals surface area contributed by atoms with Gasteiger partial charge in [-0.25, -0.2) is 8.42 Å². The number of anilines is 2. The van der Waals surface area contributed by atoms with Gasteiger partial charge in [0.25, 0.3) is 10.0 Å². The molecule has 0 amide bonds. The average molecular weight is 376 g/mol. The molecule has 140 valence electrons. The normalized spacial score (nSPS) is 14.9. The Kier molecular flexibility index (Phi) is 5.68. The summed E-state index contributed by atoms with van der Waals surface area (Å²) in [7, 11) is -2.17. The van der Waals surface area contributed by atoms with Gasteiger partial charge in [-0.05, 0) is 42.3 Å². The van der Waals surface area contributed by atoms with Crippen LogP contribution >= 0.6 is 0 Å². The molecule has 2 aromatic rings. The molecule has 7 heteroatoms. The first-order valence-electron chi connectivity index (χ1n) is 8.66. The van der Waals surface area contributed by atoms with E-state index in [9.17, 15) is 8.42 Å². The van der Waals surface area contributed by atoms with Gasteiger partial charge in [0.15, 0.2) is 0 Å². The third kappa shape index (κ3) is 4.11. The topological polar surface area (TPSA) is 67.9 Å². The van der Waals surface area contributed by atoms with Crippen molar-refractivity contribution >= 4 is 21.4 Å². The zero-order valence-corrected chi connectivity index (χ0v) is 15.9. The fourth-order valence-electron chi connectivity index (χ4n) is 2.90. The second-order valence-corrected chi connectivity index (χ2v) is 7.77. The lowest BCUT2D eigenvalue weighted by Gasteiger charge is -2.29. The third-order valence-electron chi connectivity index (χ3n) is 4.45. The number of morpholine rings is 1. The van der Waals surface area contributed by atoms with E-state index in [1.165, 1.54) is 7.11 Å². The molecule has 1 fully saturated rings. The Morgan fingerprint density at radius 3 is 2.42 bits per heavy atom. The van der Waals surface area contributed by atoms with Crippen LogP contribution in [-0.4, -0.2) is 41.8 Å². The van der Waals surface area contributed by atoms with Crippen LogP contribution < -0.4 is 14.4 Å². The number of benzene rings is 2. The Balaban J connectivity index is 1.88. The summed E-state index contributed by atoms with van der Waals surface area (Å²) in [6.45, 7) is 4.91. The van der Waals surface area contributed by atoms with E-state index < -0.39 is 10.0 Å². The lowest BCUT2D eigenvalue weighted by Crippen LogP contribution is -2.36. The Morgan fingerprint density at radius 2 is 1.81 bits per heavy atom. The second-order valence-electron chi connectivity index (χ2n) is 6.09. The second kappa shape index (κ2) is 7.97. The van der Waals surface area contributed by atoms with Gasteiger partial charge in [0, 0.05) is 18.8 Å². The minimum atomic E-state index is -3.69. The zero-order valence-electron chi connectivity index (χ0n) is 15.1. The van der Waals surface area contributed by atoms with E-state index >= 15 is 0 Å². The highest BCUT2D eigenvalue weighted by atomic mass is 32.2. The average Bonchev–Trinajstić information content (AvgIpc) is 2.68. The summed E-state index contributed by atoms with van der Waals surface area (Å²) in [5, 5.41) is 0. The van der Waals surface area contributed by atoms with Crippen molar-refractivity contribution in [1.82, 2.24) is 0 Å². The number of nitrogens with zero attached hydrogens (tertiary/aromatic N) is 1. The molecule has 0 spiro atoms. The first-order chi connectivity index (χ1) is 12.5. The number of ether oxygens (including phenoxy) is 2. The molecule has 0 unspecified atom stereocenters. The fraction of sp³-hybridized carbons (Fsp3) is 0.368. The van der Waals surface area contributed by atoms with Gasteiger partial charge >= 0.3 is 0 Å². The molecular formula is C19H24N2O4S. The van der Waals surface area contributed by atoms with Gasteiger partial charge in [-0.3, -0.25) is 4.72 Å². The first kappa shape index (κ1) is 18.5. The lowest BCUT2D eigenvalue weighted by molar-refractivity contribution is 0.122. The molecule has 0 bridgehead atoms. The van der Waals surface area contributed by atoms with Crippen molar-refractivity contribution in [3.63, 3.8) is 0 Å². The van der Waals surface area contributed by atoms with Crippen molar-refractivity contribution in [1.29, 1.82) is 0 Å². The molecule has 1 aliphatic heterocycles. The number of aryl methyl sites for hydroxylation is 1. The Morgan fingerprint density at radius 1 is 1.12 bits per heavy atom. The molecule has 2 aromatic carbocycles. The van der Waals surface area contributed by atoms with Gasteiger partial charge in [0.2, 0.25) is 0 Å². The Bertz CT molecular complexity index is 844. The van der Waals surface area contributed by atoms with E-state index in [1.807, 2.05) is 31.2 Å². The van der Waals surface area contributed by atoms with Crippen LogP contribution in [0, 0.1) is 0 Å².